The van der Waals surface area contributed by atoms with Gasteiger partial charge in [-0.25, -0.2) is 14.4 Å². The molecule has 0 aliphatic heterocycles. The Bertz CT molecular complexity index is 1820. The fraction of sp³-hybridized carbons (Fsp3) is 0. The van der Waals surface area contributed by atoms with Gasteiger partial charge in [-0.3, -0.25) is 14.4 Å². The largest absolute Gasteiger partial charge is 0.475 e. The summed E-state index contributed by atoms with van der Waals surface area (Å²) >= 11 is 0. The van der Waals surface area contributed by atoms with Gasteiger partial charge in [0, 0.05) is 34.1 Å². The molecule has 13 heteroatoms. The summed E-state index contributed by atoms with van der Waals surface area (Å²) < 4.78 is 14.7. The Hall–Kier alpha value is -6.55. The van der Waals surface area contributed by atoms with Gasteiger partial charge in [-0.15, -0.1) is 0 Å². The summed E-state index contributed by atoms with van der Waals surface area (Å²) in [5.74, 6) is -5.16. The van der Waals surface area contributed by atoms with Crippen LogP contribution in [0.15, 0.2) is 141 Å². The van der Waals surface area contributed by atoms with E-state index in [1.165, 1.54) is 36.4 Å². The van der Waals surface area contributed by atoms with Crippen molar-refractivity contribution in [1.29, 1.82) is 0 Å². The number of rotatable bonds is 9. The first-order chi connectivity index (χ1) is 23.0. The van der Waals surface area contributed by atoms with E-state index in [1.54, 1.807) is 91.0 Å². The second kappa shape index (κ2) is 17.4. The molecule has 0 radical (unpaired) electrons. The summed E-state index contributed by atoms with van der Waals surface area (Å²) in [6.45, 7) is 0. The molecule has 246 valence electrons. The number of hydrogen-bond acceptors (Lipinski definition) is 9. The Balaban J connectivity index is 0.000000197. The predicted molar refractivity (Wildman–Crippen MR) is 167 cm³/mol. The molecule has 0 saturated carbocycles. The zero-order valence-corrected chi connectivity index (χ0v) is 26.3. The van der Waals surface area contributed by atoms with Crippen molar-refractivity contribution in [3.05, 3.63) is 179 Å². The minimum absolute atomic E-state index is 0. The van der Waals surface area contributed by atoms with Gasteiger partial charge in [0.1, 0.15) is 0 Å². The number of aromatic carboxylic acids is 3. The van der Waals surface area contributed by atoms with Gasteiger partial charge in [0.2, 0.25) is 34.6 Å². The van der Waals surface area contributed by atoms with E-state index in [-0.39, 0.29) is 69.3 Å². The first-order valence-electron chi connectivity index (χ1n) is 13.8. The summed E-state index contributed by atoms with van der Waals surface area (Å²) in [5.41, 5.74) is 1.40. The molecule has 0 bridgehead atoms. The molecule has 6 aromatic rings. The van der Waals surface area contributed by atoms with Gasteiger partial charge in [-0.2, -0.15) is 0 Å². The summed E-state index contributed by atoms with van der Waals surface area (Å²) in [6.07, 6.45) is 0. The molecule has 49 heavy (non-hydrogen) atoms. The molecule has 0 saturated heterocycles. The zero-order chi connectivity index (χ0) is 34.6. The van der Waals surface area contributed by atoms with Gasteiger partial charge in [0.15, 0.2) is 17.3 Å². The van der Waals surface area contributed by atoms with E-state index >= 15 is 0 Å². The normalized spacial score (nSPS) is 9.80. The molecule has 3 heterocycles. The maximum Gasteiger partial charge on any atom is 0.371 e. The number of carbonyl (C=O) groups is 6. The smallest absolute Gasteiger partial charge is 0.371 e. The molecule has 0 spiro atoms. The molecule has 0 atom stereocenters. The summed E-state index contributed by atoms with van der Waals surface area (Å²) in [6, 6.07) is 33.5. The van der Waals surface area contributed by atoms with Crippen molar-refractivity contribution < 1.29 is 74.7 Å². The minimum Gasteiger partial charge on any atom is -0.475 e. The second-order valence-electron chi connectivity index (χ2n) is 9.49. The maximum absolute atomic E-state index is 11.8. The number of furan rings is 3. The first kappa shape index (κ1) is 36.9. The Morgan fingerprint density at radius 3 is 0.714 bits per heavy atom. The van der Waals surface area contributed by atoms with Crippen LogP contribution in [0.5, 0.6) is 0 Å². The monoisotopic (exact) mass is 700 g/mol. The van der Waals surface area contributed by atoms with Gasteiger partial charge in [-0.1, -0.05) is 91.0 Å². The summed E-state index contributed by atoms with van der Waals surface area (Å²) in [7, 11) is 0. The number of carboxylic acids is 3. The zero-order valence-electron chi connectivity index (χ0n) is 25.0. The molecule has 0 fully saturated rings. The van der Waals surface area contributed by atoms with Crippen molar-refractivity contribution in [2.75, 3.05) is 0 Å². The second-order valence-corrected chi connectivity index (χ2v) is 9.49. The van der Waals surface area contributed by atoms with Crippen LogP contribution in [0.4, 0.5) is 0 Å². The Morgan fingerprint density at radius 1 is 0.327 bits per heavy atom. The van der Waals surface area contributed by atoms with Crippen LogP contribution < -0.4 is 0 Å². The summed E-state index contributed by atoms with van der Waals surface area (Å²) in [4.78, 5) is 67.1. The van der Waals surface area contributed by atoms with E-state index < -0.39 is 17.9 Å². The maximum atomic E-state index is 11.8. The number of carboxylic acid groups (broad SMARTS) is 3. The van der Waals surface area contributed by atoms with Crippen LogP contribution >= 0.6 is 0 Å². The van der Waals surface area contributed by atoms with Crippen molar-refractivity contribution in [2.45, 2.75) is 0 Å². The van der Waals surface area contributed by atoms with Crippen molar-refractivity contribution in [1.82, 2.24) is 0 Å². The Morgan fingerprint density at radius 2 is 0.531 bits per heavy atom. The summed E-state index contributed by atoms with van der Waals surface area (Å²) in [5, 5.41) is 25.9. The number of carbonyl (C=O) groups excluding carboxylic acids is 3. The third-order valence-corrected chi connectivity index (χ3v) is 6.23. The average molecular weight is 701 g/mol. The van der Waals surface area contributed by atoms with E-state index in [0.717, 1.165) is 0 Å². The van der Waals surface area contributed by atoms with Crippen molar-refractivity contribution in [3.8, 4) is 0 Å². The van der Waals surface area contributed by atoms with Crippen molar-refractivity contribution in [3.63, 3.8) is 0 Å². The van der Waals surface area contributed by atoms with Crippen LogP contribution in [-0.4, -0.2) is 50.6 Å². The number of benzene rings is 3. The van der Waals surface area contributed by atoms with E-state index in [1.807, 2.05) is 0 Å². The molecule has 3 aromatic carbocycles. The third kappa shape index (κ3) is 9.97. The van der Waals surface area contributed by atoms with E-state index in [2.05, 4.69) is 0 Å². The van der Waals surface area contributed by atoms with E-state index in [9.17, 15) is 28.8 Å². The van der Waals surface area contributed by atoms with E-state index in [0.29, 0.717) is 16.7 Å². The molecule has 6 rings (SSSR count). The number of hydrogen-bond donors (Lipinski definition) is 3. The van der Waals surface area contributed by atoms with E-state index in [4.69, 9.17) is 28.6 Å². The fourth-order valence-electron chi connectivity index (χ4n) is 3.92. The van der Waals surface area contributed by atoms with Gasteiger partial charge in [0.25, 0.3) is 0 Å². The van der Waals surface area contributed by atoms with Crippen molar-refractivity contribution >= 4 is 35.3 Å². The average Bonchev–Trinajstić information content (AvgIpc) is 3.91. The van der Waals surface area contributed by atoms with Crippen LogP contribution in [-0.2, 0) is 17.4 Å². The molecular formula is C36H24CrO12. The third-order valence-electron chi connectivity index (χ3n) is 6.23. The molecule has 0 aliphatic rings. The van der Waals surface area contributed by atoms with Crippen LogP contribution in [0.3, 0.4) is 0 Å². The number of ketones is 3. The topological polar surface area (TPSA) is 203 Å². The molecule has 12 nitrogen and oxygen atoms in total. The van der Waals surface area contributed by atoms with Gasteiger partial charge >= 0.3 is 17.9 Å². The Labute approximate surface area is 288 Å². The van der Waals surface area contributed by atoms with Gasteiger partial charge < -0.3 is 28.6 Å². The van der Waals surface area contributed by atoms with Crippen LogP contribution in [0, 0.1) is 0 Å². The minimum atomic E-state index is -1.19. The van der Waals surface area contributed by atoms with Gasteiger partial charge in [-0.05, 0) is 36.4 Å². The molecule has 3 N–H and O–H groups in total. The van der Waals surface area contributed by atoms with Crippen LogP contribution in [0.2, 0.25) is 0 Å². The van der Waals surface area contributed by atoms with Crippen LogP contribution in [0.1, 0.15) is 80.0 Å². The SMILES string of the molecule is O=C(O)c1ccc(C(=O)c2ccccc2)o1.O=C(O)c1ccc(C(=O)c2ccccc2)o1.O=C(O)c1ccc(C(=O)c2ccccc2)o1.[Cr]. The van der Waals surface area contributed by atoms with Gasteiger partial charge in [0.05, 0.1) is 0 Å². The molecule has 0 amide bonds. The molecular weight excluding hydrogens is 676 g/mol. The Kier molecular flexibility index (Phi) is 13.1. The van der Waals surface area contributed by atoms with Crippen molar-refractivity contribution in [2.24, 2.45) is 0 Å². The molecule has 3 aromatic heterocycles. The quantitative estimate of drug-likeness (QED) is 0.136. The molecule has 0 aliphatic carbocycles. The predicted octanol–water partition coefficient (Wildman–Crippen LogP) is 6.62. The molecule has 0 unspecified atom stereocenters. The standard InChI is InChI=1S/3C12H8O4.Cr/c3*13-11(8-4-2-1-3-5-8)9-6-7-10(16-9)12(14)15;/h3*1-7H,(H,14,15);. The van der Waals surface area contributed by atoms with Crippen LogP contribution in [0.25, 0.3) is 0 Å². The first-order valence-corrected chi connectivity index (χ1v) is 13.8. The fourth-order valence-corrected chi connectivity index (χ4v) is 3.92.